The Morgan fingerprint density at radius 1 is 1.03 bits per heavy atom. The molecule has 3 aliphatic rings. The second-order valence-corrected chi connectivity index (χ2v) is 12.6. The van der Waals surface area contributed by atoms with E-state index in [-0.39, 0.29) is 35.4 Å². The quantitative estimate of drug-likeness (QED) is 0.511. The molecule has 9 nitrogen and oxygen atoms in total. The molecule has 38 heavy (non-hydrogen) atoms. The summed E-state index contributed by atoms with van der Waals surface area (Å²) < 4.78 is 46.5. The number of piperidine rings is 1. The smallest absolute Gasteiger partial charge is 0.244 e. The van der Waals surface area contributed by atoms with Crippen molar-refractivity contribution < 1.29 is 27.4 Å². The lowest BCUT2D eigenvalue weighted by Crippen LogP contribution is -2.53. The molecule has 206 valence electrons. The predicted molar refractivity (Wildman–Crippen MR) is 143 cm³/mol. The summed E-state index contributed by atoms with van der Waals surface area (Å²) in [7, 11) is -1.92. The van der Waals surface area contributed by atoms with Crippen molar-refractivity contribution in [3.05, 3.63) is 47.5 Å². The number of para-hydroxylation sites is 1. The molecule has 5 rings (SSSR count). The summed E-state index contributed by atoms with van der Waals surface area (Å²) in [5.74, 6) is 1.52. The van der Waals surface area contributed by atoms with E-state index in [1.165, 1.54) is 16.4 Å². The van der Waals surface area contributed by atoms with Crippen LogP contribution in [0.5, 0.6) is 17.2 Å². The van der Waals surface area contributed by atoms with Gasteiger partial charge in [-0.15, -0.1) is 0 Å². The first-order valence-electron chi connectivity index (χ1n) is 13.0. The summed E-state index contributed by atoms with van der Waals surface area (Å²) in [5.41, 5.74) is -0.679. The van der Waals surface area contributed by atoms with E-state index in [1.54, 1.807) is 0 Å². The third kappa shape index (κ3) is 5.88. The summed E-state index contributed by atoms with van der Waals surface area (Å²) >= 11 is 6.44. The molecule has 11 heteroatoms. The topological polar surface area (TPSA) is 88.6 Å². The molecule has 0 N–H and O–H groups in total. The van der Waals surface area contributed by atoms with Crippen molar-refractivity contribution in [2.75, 3.05) is 66.1 Å². The summed E-state index contributed by atoms with van der Waals surface area (Å²) in [6, 6.07) is 12.3. The van der Waals surface area contributed by atoms with Crippen LogP contribution >= 0.6 is 11.6 Å². The van der Waals surface area contributed by atoms with Crippen LogP contribution in [-0.4, -0.2) is 94.6 Å². The SMILES string of the molecule is CN1CCN(C(=O)C[C@@]2(COc3ccccc3)CCCN(S(=O)(=O)c3cc4c(cc3Cl)OCCO4)C2)CC1. The lowest BCUT2D eigenvalue weighted by Gasteiger charge is -2.43. The number of hydrogen-bond donors (Lipinski definition) is 0. The molecule has 0 unspecified atom stereocenters. The molecular formula is C27H34ClN3O6S. The Hall–Kier alpha value is -2.53. The van der Waals surface area contributed by atoms with Crippen LogP contribution in [0.3, 0.4) is 0 Å². The van der Waals surface area contributed by atoms with E-state index >= 15 is 0 Å². The van der Waals surface area contributed by atoms with Crippen LogP contribution in [0.15, 0.2) is 47.4 Å². The summed E-state index contributed by atoms with van der Waals surface area (Å²) in [5, 5.41) is 0.0828. The fraction of sp³-hybridized carbons (Fsp3) is 0.519. The number of amides is 1. The Labute approximate surface area is 229 Å². The van der Waals surface area contributed by atoms with E-state index in [9.17, 15) is 13.2 Å². The van der Waals surface area contributed by atoms with E-state index in [0.717, 1.165) is 13.1 Å². The van der Waals surface area contributed by atoms with Crippen molar-refractivity contribution in [1.29, 1.82) is 0 Å². The maximum Gasteiger partial charge on any atom is 0.244 e. The molecule has 0 radical (unpaired) electrons. The van der Waals surface area contributed by atoms with Crippen molar-refractivity contribution >= 4 is 27.5 Å². The molecule has 3 heterocycles. The van der Waals surface area contributed by atoms with E-state index in [2.05, 4.69) is 4.90 Å². The molecule has 0 bridgehead atoms. The van der Waals surface area contributed by atoms with Gasteiger partial charge in [-0.05, 0) is 32.0 Å². The summed E-state index contributed by atoms with van der Waals surface area (Å²) in [4.78, 5) is 17.5. The lowest BCUT2D eigenvalue weighted by molar-refractivity contribution is -0.136. The van der Waals surface area contributed by atoms with Crippen molar-refractivity contribution in [3.8, 4) is 17.2 Å². The zero-order valence-electron chi connectivity index (χ0n) is 21.6. The Kier molecular flexibility index (Phi) is 8.04. The molecule has 1 atom stereocenters. The summed E-state index contributed by atoms with van der Waals surface area (Å²) in [6.07, 6.45) is 1.50. The average Bonchev–Trinajstić information content (AvgIpc) is 2.92. The molecule has 0 spiro atoms. The first-order valence-corrected chi connectivity index (χ1v) is 14.8. The molecule has 2 fully saturated rings. The van der Waals surface area contributed by atoms with E-state index in [4.69, 9.17) is 25.8 Å². The highest BCUT2D eigenvalue weighted by atomic mass is 35.5. The van der Waals surface area contributed by atoms with Crippen LogP contribution in [-0.2, 0) is 14.8 Å². The third-order valence-corrected chi connectivity index (χ3v) is 9.82. The van der Waals surface area contributed by atoms with Crippen molar-refractivity contribution in [1.82, 2.24) is 14.1 Å². The fourth-order valence-electron chi connectivity index (χ4n) is 5.30. The highest BCUT2D eigenvalue weighted by Crippen LogP contribution is 2.41. The van der Waals surface area contributed by atoms with Gasteiger partial charge in [0.1, 0.15) is 23.9 Å². The standard InChI is InChI=1S/C27H34ClN3O6S/c1-29-10-12-30(13-11-29)26(32)18-27(20-37-21-6-3-2-4-7-21)8-5-9-31(19-27)38(33,34)25-17-24-23(16-22(25)28)35-14-15-36-24/h2-4,6-7,16-17H,5,8-15,18-20H2,1H3/t27-/m0/s1. The molecular weight excluding hydrogens is 530 g/mol. The van der Waals surface area contributed by atoms with Crippen LogP contribution in [0.4, 0.5) is 0 Å². The van der Waals surface area contributed by atoms with Crippen LogP contribution in [0.2, 0.25) is 5.02 Å². The van der Waals surface area contributed by atoms with Gasteiger partial charge in [0.15, 0.2) is 11.5 Å². The minimum absolute atomic E-state index is 0.0198. The minimum atomic E-state index is -3.97. The van der Waals surface area contributed by atoms with Gasteiger partial charge in [-0.2, -0.15) is 4.31 Å². The van der Waals surface area contributed by atoms with Crippen LogP contribution in [0, 0.1) is 5.41 Å². The molecule has 0 saturated carbocycles. The highest BCUT2D eigenvalue weighted by molar-refractivity contribution is 7.89. The predicted octanol–water partition coefficient (Wildman–Crippen LogP) is 3.13. The maximum atomic E-state index is 13.9. The molecule has 0 aromatic heterocycles. The lowest BCUT2D eigenvalue weighted by atomic mass is 9.78. The van der Waals surface area contributed by atoms with Gasteiger partial charge in [-0.25, -0.2) is 8.42 Å². The maximum absolute atomic E-state index is 13.9. The van der Waals surface area contributed by atoms with Crippen LogP contribution in [0.1, 0.15) is 19.3 Å². The van der Waals surface area contributed by atoms with Crippen molar-refractivity contribution in [3.63, 3.8) is 0 Å². The number of benzene rings is 2. The van der Waals surface area contributed by atoms with Gasteiger partial charge in [0.2, 0.25) is 15.9 Å². The van der Waals surface area contributed by atoms with Crippen molar-refractivity contribution in [2.24, 2.45) is 5.41 Å². The van der Waals surface area contributed by atoms with E-state index < -0.39 is 15.4 Å². The van der Waals surface area contributed by atoms with Gasteiger partial charge in [0.05, 0.1) is 11.6 Å². The number of carbonyl (C=O) groups is 1. The van der Waals surface area contributed by atoms with Gasteiger partial charge in [-0.1, -0.05) is 29.8 Å². The van der Waals surface area contributed by atoms with Crippen LogP contribution < -0.4 is 14.2 Å². The first-order chi connectivity index (χ1) is 18.3. The number of ether oxygens (including phenoxy) is 3. The first kappa shape index (κ1) is 27.1. The number of piperazine rings is 1. The molecule has 1 amide bonds. The molecule has 0 aliphatic carbocycles. The minimum Gasteiger partial charge on any atom is -0.493 e. The van der Waals surface area contributed by atoms with Gasteiger partial charge < -0.3 is 24.0 Å². The van der Waals surface area contributed by atoms with Gasteiger partial charge in [-0.3, -0.25) is 4.79 Å². The van der Waals surface area contributed by atoms with Crippen LogP contribution in [0.25, 0.3) is 0 Å². The molecule has 2 aromatic rings. The zero-order valence-corrected chi connectivity index (χ0v) is 23.2. The number of sulfonamides is 1. The Balaban J connectivity index is 1.40. The van der Waals surface area contributed by atoms with E-state index in [0.29, 0.717) is 62.9 Å². The zero-order chi connectivity index (χ0) is 26.8. The number of carbonyl (C=O) groups excluding carboxylic acids is 1. The Bertz CT molecular complexity index is 1250. The fourth-order valence-corrected chi connectivity index (χ4v) is 7.40. The molecule has 2 aromatic carbocycles. The Morgan fingerprint density at radius 3 is 2.42 bits per heavy atom. The van der Waals surface area contributed by atoms with Gasteiger partial charge >= 0.3 is 0 Å². The number of fused-ring (bicyclic) bond motifs is 1. The highest BCUT2D eigenvalue weighted by Gasteiger charge is 2.44. The normalized spacial score (nSPS) is 22.7. The largest absolute Gasteiger partial charge is 0.493 e. The Morgan fingerprint density at radius 2 is 1.71 bits per heavy atom. The van der Waals surface area contributed by atoms with E-state index in [1.807, 2.05) is 42.3 Å². The van der Waals surface area contributed by atoms with Gasteiger partial charge in [0, 0.05) is 63.2 Å². The second-order valence-electron chi connectivity index (χ2n) is 10.3. The monoisotopic (exact) mass is 563 g/mol. The molecule has 2 saturated heterocycles. The number of hydrogen-bond acceptors (Lipinski definition) is 7. The average molecular weight is 564 g/mol. The second kappa shape index (κ2) is 11.3. The number of rotatable bonds is 7. The summed E-state index contributed by atoms with van der Waals surface area (Å²) in [6.45, 7) is 4.43. The van der Waals surface area contributed by atoms with Gasteiger partial charge in [0.25, 0.3) is 0 Å². The third-order valence-electron chi connectivity index (χ3n) is 7.51. The number of likely N-dealkylation sites (N-methyl/N-ethyl adjacent to an activating group) is 1. The number of nitrogens with zero attached hydrogens (tertiary/aromatic N) is 3. The number of halogens is 1. The molecule has 3 aliphatic heterocycles. The van der Waals surface area contributed by atoms with Crippen molar-refractivity contribution in [2.45, 2.75) is 24.2 Å².